The molecule has 0 atom stereocenters. The molecular weight excluding hydrogens is 156 g/mol. The van der Waals surface area contributed by atoms with E-state index in [1.165, 1.54) is 0 Å². The van der Waals surface area contributed by atoms with Crippen LogP contribution in [0.15, 0.2) is 30.3 Å². The number of rotatable bonds is 4. The van der Waals surface area contributed by atoms with Crippen LogP contribution in [0, 0.1) is 0 Å². The van der Waals surface area contributed by atoms with Crippen LogP contribution in [-0.4, -0.2) is 6.10 Å². The molecule has 0 radical (unpaired) electrons. The maximum Gasteiger partial charge on any atom is 0.168 e. The normalized spacial score (nSPS) is 10.2. The Bertz CT molecular complexity index is 208. The molecule has 0 aliphatic carbocycles. The molecule has 0 N–H and O–H groups in total. The van der Waals surface area contributed by atoms with Crippen molar-refractivity contribution in [3.05, 3.63) is 30.3 Å². The first-order chi connectivity index (χ1) is 5.79. The van der Waals surface area contributed by atoms with Gasteiger partial charge in [0.25, 0.3) is 0 Å². The van der Waals surface area contributed by atoms with Crippen LogP contribution in [-0.2, 0) is 9.93 Å². The molecule has 0 saturated heterocycles. The molecule has 0 amide bonds. The van der Waals surface area contributed by atoms with Gasteiger partial charge in [-0.15, -0.1) is 0 Å². The first-order valence-electron chi connectivity index (χ1n) is 3.84. The van der Waals surface area contributed by atoms with Gasteiger partial charge in [0.2, 0.25) is 0 Å². The van der Waals surface area contributed by atoms with Gasteiger partial charge in [0.15, 0.2) is 5.75 Å². The van der Waals surface area contributed by atoms with E-state index in [0.717, 1.165) is 0 Å². The van der Waals surface area contributed by atoms with Crippen LogP contribution in [0.2, 0.25) is 0 Å². The van der Waals surface area contributed by atoms with E-state index in [1.807, 2.05) is 32.0 Å². The Morgan fingerprint density at radius 3 is 2.33 bits per heavy atom. The molecule has 0 fully saturated rings. The average molecular weight is 168 g/mol. The molecule has 0 bridgehead atoms. The first kappa shape index (κ1) is 9.03. The van der Waals surface area contributed by atoms with Crippen molar-refractivity contribution in [1.82, 2.24) is 0 Å². The Balaban J connectivity index is 2.25. The maximum absolute atomic E-state index is 4.79. The third-order valence-electron chi connectivity index (χ3n) is 1.11. The first-order valence-corrected chi connectivity index (χ1v) is 3.84. The van der Waals surface area contributed by atoms with E-state index in [0.29, 0.717) is 5.75 Å². The quantitative estimate of drug-likeness (QED) is 0.510. The van der Waals surface area contributed by atoms with Crippen molar-refractivity contribution in [3.63, 3.8) is 0 Å². The van der Waals surface area contributed by atoms with Crippen LogP contribution in [0.5, 0.6) is 5.75 Å². The molecule has 3 heteroatoms. The van der Waals surface area contributed by atoms with Crippen molar-refractivity contribution in [3.8, 4) is 5.75 Å². The van der Waals surface area contributed by atoms with Crippen molar-refractivity contribution in [2.24, 2.45) is 0 Å². The standard InChI is InChI=1S/C9H12O3/c1-8(2)10-12-11-9-6-4-3-5-7-9/h3-8H,1-2H3. The average Bonchev–Trinajstić information content (AvgIpc) is 2.05. The smallest absolute Gasteiger partial charge is 0.168 e. The highest BCUT2D eigenvalue weighted by Gasteiger charge is 1.95. The molecular formula is C9H12O3. The fourth-order valence-electron chi connectivity index (χ4n) is 0.614. The van der Waals surface area contributed by atoms with Gasteiger partial charge < -0.3 is 4.89 Å². The summed E-state index contributed by atoms with van der Waals surface area (Å²) in [6.45, 7) is 3.71. The number of para-hydroxylation sites is 1. The molecule has 0 aliphatic heterocycles. The monoisotopic (exact) mass is 168 g/mol. The van der Waals surface area contributed by atoms with Crippen molar-refractivity contribution in [2.75, 3.05) is 0 Å². The number of hydrogen-bond acceptors (Lipinski definition) is 3. The summed E-state index contributed by atoms with van der Waals surface area (Å²) in [4.78, 5) is 9.52. The summed E-state index contributed by atoms with van der Waals surface area (Å²) in [5.74, 6) is 0.623. The Labute approximate surface area is 71.7 Å². The van der Waals surface area contributed by atoms with Gasteiger partial charge in [-0.2, -0.15) is 4.89 Å². The Morgan fingerprint density at radius 1 is 1.08 bits per heavy atom. The lowest BCUT2D eigenvalue weighted by molar-refractivity contribution is -0.478. The minimum atomic E-state index is -0.00582. The van der Waals surface area contributed by atoms with Gasteiger partial charge in [-0.25, -0.2) is 0 Å². The summed E-state index contributed by atoms with van der Waals surface area (Å²) in [6, 6.07) is 9.17. The van der Waals surface area contributed by atoms with Crippen molar-refractivity contribution >= 4 is 0 Å². The Hall–Kier alpha value is -1.06. The van der Waals surface area contributed by atoms with Gasteiger partial charge in [0, 0.05) is 0 Å². The van der Waals surface area contributed by atoms with E-state index < -0.39 is 0 Å². The zero-order valence-corrected chi connectivity index (χ0v) is 7.19. The van der Waals surface area contributed by atoms with Gasteiger partial charge in [0.1, 0.15) is 0 Å². The molecule has 66 valence electrons. The van der Waals surface area contributed by atoms with Crippen LogP contribution >= 0.6 is 0 Å². The summed E-state index contributed by atoms with van der Waals surface area (Å²) >= 11 is 0. The Morgan fingerprint density at radius 2 is 1.75 bits per heavy atom. The van der Waals surface area contributed by atoms with Crippen LogP contribution in [0.1, 0.15) is 13.8 Å². The minimum Gasteiger partial charge on any atom is -0.308 e. The second-order valence-electron chi connectivity index (χ2n) is 2.61. The van der Waals surface area contributed by atoms with E-state index in [1.54, 1.807) is 12.1 Å². The summed E-state index contributed by atoms with van der Waals surface area (Å²) < 4.78 is 0. The zero-order valence-electron chi connectivity index (χ0n) is 7.19. The van der Waals surface area contributed by atoms with E-state index in [4.69, 9.17) is 9.78 Å². The lowest BCUT2D eigenvalue weighted by Crippen LogP contribution is -2.06. The molecule has 3 nitrogen and oxygen atoms in total. The van der Waals surface area contributed by atoms with Crippen LogP contribution < -0.4 is 4.89 Å². The van der Waals surface area contributed by atoms with Crippen LogP contribution in [0.4, 0.5) is 0 Å². The van der Waals surface area contributed by atoms with Crippen LogP contribution in [0.3, 0.4) is 0 Å². The second-order valence-corrected chi connectivity index (χ2v) is 2.61. The van der Waals surface area contributed by atoms with Crippen molar-refractivity contribution in [1.29, 1.82) is 0 Å². The van der Waals surface area contributed by atoms with Crippen molar-refractivity contribution in [2.45, 2.75) is 20.0 Å². The van der Waals surface area contributed by atoms with Gasteiger partial charge >= 0.3 is 0 Å². The largest absolute Gasteiger partial charge is 0.308 e. The van der Waals surface area contributed by atoms with E-state index >= 15 is 0 Å². The third-order valence-corrected chi connectivity index (χ3v) is 1.11. The molecule has 0 unspecified atom stereocenters. The second kappa shape index (κ2) is 4.74. The molecule has 0 aliphatic rings. The molecule has 0 aromatic heterocycles. The fraction of sp³-hybridized carbons (Fsp3) is 0.333. The molecule has 12 heavy (non-hydrogen) atoms. The fourth-order valence-corrected chi connectivity index (χ4v) is 0.614. The van der Waals surface area contributed by atoms with Gasteiger partial charge in [-0.3, -0.25) is 0 Å². The maximum atomic E-state index is 4.79. The summed E-state index contributed by atoms with van der Waals surface area (Å²) in [5, 5.41) is 4.48. The number of hydrogen-bond donors (Lipinski definition) is 0. The van der Waals surface area contributed by atoms with Gasteiger partial charge in [-0.05, 0) is 31.0 Å². The molecule has 0 saturated carbocycles. The molecule has 0 spiro atoms. The van der Waals surface area contributed by atoms with E-state index in [9.17, 15) is 0 Å². The highest BCUT2D eigenvalue weighted by molar-refractivity contribution is 5.19. The van der Waals surface area contributed by atoms with Gasteiger partial charge in [0.05, 0.1) is 6.10 Å². The van der Waals surface area contributed by atoms with E-state index in [-0.39, 0.29) is 6.10 Å². The van der Waals surface area contributed by atoms with Crippen molar-refractivity contribution < 1.29 is 14.8 Å². The molecule has 1 aromatic carbocycles. The lowest BCUT2D eigenvalue weighted by Gasteiger charge is -2.04. The zero-order chi connectivity index (χ0) is 8.81. The predicted molar refractivity (Wildman–Crippen MR) is 44.4 cm³/mol. The molecule has 0 heterocycles. The summed E-state index contributed by atoms with van der Waals surface area (Å²) in [6.07, 6.45) is -0.00582. The SMILES string of the molecule is CC(C)OOOc1ccccc1. The number of benzene rings is 1. The highest BCUT2D eigenvalue weighted by atomic mass is 17.5. The lowest BCUT2D eigenvalue weighted by atomic mass is 10.3. The van der Waals surface area contributed by atoms with Crippen LogP contribution in [0.25, 0.3) is 0 Å². The van der Waals surface area contributed by atoms with E-state index in [2.05, 4.69) is 5.04 Å². The predicted octanol–water partition coefficient (Wildman–Crippen LogP) is 2.34. The summed E-state index contributed by atoms with van der Waals surface area (Å²) in [7, 11) is 0. The minimum absolute atomic E-state index is 0.00582. The van der Waals surface area contributed by atoms with Gasteiger partial charge in [-0.1, -0.05) is 18.2 Å². The molecule has 1 rings (SSSR count). The topological polar surface area (TPSA) is 27.7 Å². The summed E-state index contributed by atoms with van der Waals surface area (Å²) in [5.41, 5.74) is 0. The third kappa shape index (κ3) is 3.37. The Kier molecular flexibility index (Phi) is 3.57. The molecule has 1 aromatic rings. The highest BCUT2D eigenvalue weighted by Crippen LogP contribution is 2.08.